The minimum absolute atomic E-state index is 0.00883. The number of nitrogens with two attached hydrogens (primary N) is 1. The molecule has 10 nitrogen and oxygen atoms in total. The predicted octanol–water partition coefficient (Wildman–Crippen LogP) is 0.236. The molecule has 2 aromatic rings. The number of hydrogen-bond acceptors (Lipinski definition) is 7. The minimum atomic E-state index is -3.63. The van der Waals surface area contributed by atoms with Crippen LogP contribution in [0, 0.1) is 12.8 Å². The quantitative estimate of drug-likeness (QED) is 0.545. The number of hydrogen-bond donors (Lipinski definition) is 2. The molecule has 2 atom stereocenters. The molecule has 1 fully saturated rings. The van der Waals surface area contributed by atoms with E-state index in [1.807, 2.05) is 11.8 Å². The first-order chi connectivity index (χ1) is 15.4. The molecule has 11 heteroatoms. The number of likely N-dealkylation sites (tertiary alicyclic amines) is 1. The van der Waals surface area contributed by atoms with Crippen LogP contribution in [-0.4, -0.2) is 53.9 Å². The number of ketones is 1. The van der Waals surface area contributed by atoms with Gasteiger partial charge in [0, 0.05) is 27.2 Å². The highest BCUT2D eigenvalue weighted by atomic mass is 32.2. The standard InChI is InChI=1S/C22H31N5O5S/c1-14-7-9-17(10-8-14)33(31,32)24-12-16-6-5-11-27(13-16)15(2)19(28)18-20(23)25(3)22(30)26(4)21(18)29/h7-10,15-16,24H,5-6,11-13,23H2,1-4H3. The van der Waals surface area contributed by atoms with Gasteiger partial charge in [-0.1, -0.05) is 17.7 Å². The summed E-state index contributed by atoms with van der Waals surface area (Å²) in [6.07, 6.45) is 1.60. The molecule has 0 aliphatic carbocycles. The zero-order chi connectivity index (χ0) is 24.5. The van der Waals surface area contributed by atoms with Gasteiger partial charge in [0.2, 0.25) is 10.0 Å². The molecule has 0 saturated carbocycles. The Morgan fingerprint density at radius 3 is 2.45 bits per heavy atom. The maximum absolute atomic E-state index is 13.2. The number of anilines is 1. The van der Waals surface area contributed by atoms with Crippen LogP contribution in [0.2, 0.25) is 0 Å². The molecule has 33 heavy (non-hydrogen) atoms. The summed E-state index contributed by atoms with van der Waals surface area (Å²) < 4.78 is 29.8. The summed E-state index contributed by atoms with van der Waals surface area (Å²) in [4.78, 5) is 39.9. The second-order valence-electron chi connectivity index (χ2n) is 8.67. The fourth-order valence-corrected chi connectivity index (χ4v) is 5.23. The summed E-state index contributed by atoms with van der Waals surface area (Å²) in [5, 5.41) is 0. The van der Waals surface area contributed by atoms with Crippen molar-refractivity contribution in [2.24, 2.45) is 20.0 Å². The molecular formula is C22H31N5O5S. The van der Waals surface area contributed by atoms with Gasteiger partial charge in [-0.15, -0.1) is 0 Å². The van der Waals surface area contributed by atoms with Crippen molar-refractivity contribution in [3.63, 3.8) is 0 Å². The SMILES string of the molecule is Cc1ccc(S(=O)(=O)NCC2CCCN(C(C)C(=O)c3c(N)n(C)c(=O)n(C)c3=O)C2)cc1. The number of piperidine rings is 1. The zero-order valence-corrected chi connectivity index (χ0v) is 20.2. The lowest BCUT2D eigenvalue weighted by Crippen LogP contribution is -2.50. The topological polar surface area (TPSA) is 136 Å². The second-order valence-corrected chi connectivity index (χ2v) is 10.4. The van der Waals surface area contributed by atoms with Crippen LogP contribution in [0.25, 0.3) is 0 Å². The minimum Gasteiger partial charge on any atom is -0.384 e. The van der Waals surface area contributed by atoms with E-state index in [-0.39, 0.29) is 28.7 Å². The first-order valence-electron chi connectivity index (χ1n) is 10.8. The molecule has 1 aliphatic heterocycles. The molecule has 3 N–H and O–H groups in total. The number of aromatic nitrogens is 2. The van der Waals surface area contributed by atoms with Crippen LogP contribution < -0.4 is 21.7 Å². The van der Waals surface area contributed by atoms with Gasteiger partial charge in [-0.25, -0.2) is 17.9 Å². The maximum Gasteiger partial charge on any atom is 0.332 e. The third-order valence-corrected chi connectivity index (χ3v) is 7.77. The van der Waals surface area contributed by atoms with Gasteiger partial charge in [0.05, 0.1) is 10.9 Å². The fraction of sp³-hybridized carbons (Fsp3) is 0.500. The van der Waals surface area contributed by atoms with Crippen LogP contribution in [-0.2, 0) is 24.1 Å². The summed E-state index contributed by atoms with van der Waals surface area (Å²) in [5.74, 6) is -0.599. The molecule has 1 aromatic heterocycles. The normalized spacial score (nSPS) is 18.2. The zero-order valence-electron chi connectivity index (χ0n) is 19.4. The summed E-state index contributed by atoms with van der Waals surface area (Å²) in [6.45, 7) is 4.97. The molecule has 2 unspecified atom stereocenters. The number of benzene rings is 1. The molecular weight excluding hydrogens is 446 g/mol. The van der Waals surface area contributed by atoms with Crippen molar-refractivity contribution in [3.8, 4) is 0 Å². The molecule has 0 bridgehead atoms. The van der Waals surface area contributed by atoms with Gasteiger partial charge in [-0.2, -0.15) is 0 Å². The lowest BCUT2D eigenvalue weighted by atomic mass is 9.95. The second kappa shape index (κ2) is 9.62. The molecule has 180 valence electrons. The first kappa shape index (κ1) is 24.9. The molecule has 2 heterocycles. The van der Waals surface area contributed by atoms with E-state index in [2.05, 4.69) is 4.72 Å². The Bertz CT molecular complexity index is 1260. The number of rotatable bonds is 7. The number of sulfonamides is 1. The van der Waals surface area contributed by atoms with E-state index in [4.69, 9.17) is 5.73 Å². The van der Waals surface area contributed by atoms with Gasteiger partial charge in [-0.3, -0.25) is 23.6 Å². The molecule has 0 spiro atoms. The first-order valence-corrected chi connectivity index (χ1v) is 12.3. The predicted molar refractivity (Wildman–Crippen MR) is 126 cm³/mol. The Morgan fingerprint density at radius 1 is 1.18 bits per heavy atom. The van der Waals surface area contributed by atoms with E-state index in [0.717, 1.165) is 27.5 Å². The average Bonchev–Trinajstić information content (AvgIpc) is 2.80. The summed E-state index contributed by atoms with van der Waals surface area (Å²) in [7, 11) is -0.906. The van der Waals surface area contributed by atoms with Gasteiger partial charge in [0.25, 0.3) is 5.56 Å². The smallest absolute Gasteiger partial charge is 0.332 e. The van der Waals surface area contributed by atoms with Crippen molar-refractivity contribution in [2.75, 3.05) is 25.4 Å². The largest absolute Gasteiger partial charge is 0.384 e. The Kier molecular flexibility index (Phi) is 7.25. The van der Waals surface area contributed by atoms with Crippen LogP contribution in [0.15, 0.2) is 38.8 Å². The van der Waals surface area contributed by atoms with Crippen molar-refractivity contribution in [1.29, 1.82) is 0 Å². The third kappa shape index (κ3) is 5.10. The van der Waals surface area contributed by atoms with Crippen molar-refractivity contribution in [1.82, 2.24) is 18.8 Å². The highest BCUT2D eigenvalue weighted by molar-refractivity contribution is 7.89. The molecule has 1 saturated heterocycles. The number of Topliss-reactive ketones (excluding diaryl/α,β-unsaturated/α-hetero) is 1. The van der Waals surface area contributed by atoms with Crippen LogP contribution in [0.5, 0.6) is 0 Å². The van der Waals surface area contributed by atoms with E-state index in [9.17, 15) is 22.8 Å². The highest BCUT2D eigenvalue weighted by Gasteiger charge is 2.32. The molecule has 0 radical (unpaired) electrons. The van der Waals surface area contributed by atoms with Crippen molar-refractivity contribution >= 4 is 21.6 Å². The summed E-state index contributed by atoms with van der Waals surface area (Å²) >= 11 is 0. The van der Waals surface area contributed by atoms with Crippen molar-refractivity contribution < 1.29 is 13.2 Å². The number of nitrogen functional groups attached to an aromatic ring is 1. The van der Waals surface area contributed by atoms with Crippen LogP contribution >= 0.6 is 0 Å². The highest BCUT2D eigenvalue weighted by Crippen LogP contribution is 2.21. The van der Waals surface area contributed by atoms with E-state index in [1.54, 1.807) is 31.2 Å². The number of nitrogens with one attached hydrogen (secondary N) is 1. The number of carbonyl (C=O) groups excluding carboxylic acids is 1. The van der Waals surface area contributed by atoms with Gasteiger partial charge in [0.1, 0.15) is 11.4 Å². The van der Waals surface area contributed by atoms with Crippen molar-refractivity contribution in [3.05, 3.63) is 56.2 Å². The van der Waals surface area contributed by atoms with Crippen LogP contribution in [0.1, 0.15) is 35.7 Å². The molecule has 3 rings (SSSR count). The molecule has 1 aromatic carbocycles. The monoisotopic (exact) mass is 477 g/mol. The third-order valence-electron chi connectivity index (χ3n) is 6.33. The molecule has 1 aliphatic rings. The van der Waals surface area contributed by atoms with Gasteiger partial charge in [-0.05, 0) is 51.3 Å². The summed E-state index contributed by atoms with van der Waals surface area (Å²) in [6, 6.07) is 6.00. The molecule has 0 amide bonds. The van der Waals surface area contributed by atoms with E-state index >= 15 is 0 Å². The van der Waals surface area contributed by atoms with Crippen LogP contribution in [0.3, 0.4) is 0 Å². The Morgan fingerprint density at radius 2 is 1.82 bits per heavy atom. The van der Waals surface area contributed by atoms with Crippen LogP contribution in [0.4, 0.5) is 5.82 Å². The van der Waals surface area contributed by atoms with Gasteiger partial charge >= 0.3 is 5.69 Å². The average molecular weight is 478 g/mol. The Labute approximate surface area is 193 Å². The van der Waals surface area contributed by atoms with Gasteiger partial charge < -0.3 is 5.73 Å². The number of nitrogens with zero attached hydrogens (tertiary/aromatic N) is 3. The lowest BCUT2D eigenvalue weighted by molar-refractivity contribution is 0.0753. The van der Waals surface area contributed by atoms with E-state index in [0.29, 0.717) is 13.1 Å². The number of carbonyl (C=O) groups is 1. The summed E-state index contributed by atoms with van der Waals surface area (Å²) in [5.41, 5.74) is 5.41. The Hall–Kier alpha value is -2.76. The van der Waals surface area contributed by atoms with Crippen molar-refractivity contribution in [2.45, 2.75) is 37.6 Å². The van der Waals surface area contributed by atoms with E-state index in [1.165, 1.54) is 14.1 Å². The van der Waals surface area contributed by atoms with Gasteiger partial charge in [0.15, 0.2) is 5.78 Å². The maximum atomic E-state index is 13.2. The fourth-order valence-electron chi connectivity index (χ4n) is 4.11. The number of aryl methyl sites for hydroxylation is 1. The lowest BCUT2D eigenvalue weighted by Gasteiger charge is -2.36. The van der Waals surface area contributed by atoms with E-state index < -0.39 is 33.1 Å². The Balaban J connectivity index is 1.72.